The maximum absolute atomic E-state index is 13.7. The quantitative estimate of drug-likeness (QED) is 0.248. The second kappa shape index (κ2) is 10.7. The molecule has 0 aliphatic carbocycles. The van der Waals surface area contributed by atoms with Crippen molar-refractivity contribution in [3.05, 3.63) is 83.6 Å². The van der Waals surface area contributed by atoms with E-state index in [1.807, 2.05) is 54.6 Å². The number of hydrogen-bond acceptors (Lipinski definition) is 5. The summed E-state index contributed by atoms with van der Waals surface area (Å²) in [4.78, 5) is 34.1. The number of carbonyl (C=O) groups excluding carboxylic acids is 2. The van der Waals surface area contributed by atoms with E-state index in [4.69, 9.17) is 9.72 Å². The first-order chi connectivity index (χ1) is 19.5. The molecule has 1 aliphatic rings. The van der Waals surface area contributed by atoms with E-state index in [-0.39, 0.29) is 5.91 Å². The number of esters is 1. The van der Waals surface area contributed by atoms with Gasteiger partial charge in [-0.2, -0.15) is 0 Å². The molecule has 0 saturated heterocycles. The van der Waals surface area contributed by atoms with Crippen molar-refractivity contribution in [1.82, 2.24) is 14.5 Å². The normalized spacial score (nSPS) is 14.4. The Morgan fingerprint density at radius 1 is 0.975 bits per heavy atom. The molecule has 3 aromatic carbocycles. The number of rotatable bonds is 7. The zero-order valence-electron chi connectivity index (χ0n) is 23.2. The number of ether oxygens (including phenoxy) is 1. The summed E-state index contributed by atoms with van der Waals surface area (Å²) in [5, 5.41) is 5.93. The highest BCUT2D eigenvalue weighted by Crippen LogP contribution is 2.32. The van der Waals surface area contributed by atoms with Crippen LogP contribution in [0.25, 0.3) is 32.7 Å². The number of carbonyl (C=O) groups is 2. The number of amides is 1. The Labute approximate surface area is 233 Å². The Morgan fingerprint density at radius 2 is 1.73 bits per heavy atom. The predicted molar refractivity (Wildman–Crippen MR) is 160 cm³/mol. The van der Waals surface area contributed by atoms with Gasteiger partial charge in [-0.05, 0) is 57.1 Å². The molecule has 3 heterocycles. The molecular formula is C33H34N4O3. The number of hydrogen-bond donors (Lipinski definition) is 1. The molecule has 5 aromatic rings. The number of nitrogens with one attached hydrogen (secondary N) is 1. The van der Waals surface area contributed by atoms with Gasteiger partial charge in [0.2, 0.25) is 0 Å². The summed E-state index contributed by atoms with van der Waals surface area (Å²) < 4.78 is 8.08. The molecule has 40 heavy (non-hydrogen) atoms. The van der Waals surface area contributed by atoms with Crippen molar-refractivity contribution in [2.24, 2.45) is 0 Å². The lowest BCUT2D eigenvalue weighted by Gasteiger charge is -2.29. The lowest BCUT2D eigenvalue weighted by Crippen LogP contribution is -2.34. The van der Waals surface area contributed by atoms with Crippen LogP contribution in [0.15, 0.2) is 66.7 Å². The molecule has 2 aromatic heterocycles. The van der Waals surface area contributed by atoms with Crippen molar-refractivity contribution in [1.29, 1.82) is 0 Å². The van der Waals surface area contributed by atoms with E-state index in [1.165, 1.54) is 0 Å². The van der Waals surface area contributed by atoms with Crippen molar-refractivity contribution in [3.8, 4) is 0 Å². The van der Waals surface area contributed by atoms with Crippen molar-refractivity contribution < 1.29 is 14.3 Å². The second-order valence-electron chi connectivity index (χ2n) is 10.5. The van der Waals surface area contributed by atoms with Crippen molar-refractivity contribution in [2.75, 3.05) is 18.4 Å². The SMILES string of the molecule is CCCN1CCc2nc3ccccc3c(C(=O)OC(C)C(=O)Nc3ccc4c(c3)c3ccccc3n4CC)c2C1. The maximum atomic E-state index is 13.7. The molecule has 0 bridgehead atoms. The number of benzene rings is 3. The van der Waals surface area contributed by atoms with Gasteiger partial charge in [-0.25, -0.2) is 4.79 Å². The van der Waals surface area contributed by atoms with E-state index in [1.54, 1.807) is 6.92 Å². The molecular weight excluding hydrogens is 500 g/mol. The summed E-state index contributed by atoms with van der Waals surface area (Å²) in [6, 6.07) is 21.9. The smallest absolute Gasteiger partial charge is 0.339 e. The first-order valence-electron chi connectivity index (χ1n) is 14.1. The van der Waals surface area contributed by atoms with E-state index in [0.717, 1.165) is 76.4 Å². The highest BCUT2D eigenvalue weighted by molar-refractivity contribution is 6.10. The van der Waals surface area contributed by atoms with Gasteiger partial charge in [0.25, 0.3) is 5.91 Å². The third-order valence-corrected chi connectivity index (χ3v) is 7.88. The van der Waals surface area contributed by atoms with E-state index in [2.05, 4.69) is 40.8 Å². The molecule has 7 heteroatoms. The molecule has 6 rings (SSSR count). The van der Waals surface area contributed by atoms with Gasteiger partial charge < -0.3 is 14.6 Å². The Bertz CT molecular complexity index is 1760. The second-order valence-corrected chi connectivity index (χ2v) is 10.5. The summed E-state index contributed by atoms with van der Waals surface area (Å²) in [6.45, 7) is 9.28. The van der Waals surface area contributed by atoms with Gasteiger partial charge in [0.15, 0.2) is 6.10 Å². The van der Waals surface area contributed by atoms with Crippen LogP contribution in [0.1, 0.15) is 48.8 Å². The number of anilines is 1. The fourth-order valence-electron chi connectivity index (χ4n) is 5.98. The third kappa shape index (κ3) is 4.60. The lowest BCUT2D eigenvalue weighted by atomic mass is 9.95. The summed E-state index contributed by atoms with van der Waals surface area (Å²) in [6.07, 6.45) is 0.851. The lowest BCUT2D eigenvalue weighted by molar-refractivity contribution is -0.123. The Kier molecular flexibility index (Phi) is 6.98. The van der Waals surface area contributed by atoms with Crippen LogP contribution < -0.4 is 5.32 Å². The molecule has 1 N–H and O–H groups in total. The van der Waals surface area contributed by atoms with Gasteiger partial charge in [-0.1, -0.05) is 43.3 Å². The molecule has 0 spiro atoms. The number of para-hydroxylation sites is 2. The number of fused-ring (bicyclic) bond motifs is 5. The minimum absolute atomic E-state index is 0.369. The van der Waals surface area contributed by atoms with E-state index >= 15 is 0 Å². The van der Waals surface area contributed by atoms with Crippen LogP contribution >= 0.6 is 0 Å². The van der Waals surface area contributed by atoms with Crippen LogP contribution in [0.2, 0.25) is 0 Å². The summed E-state index contributed by atoms with van der Waals surface area (Å²) >= 11 is 0. The average molecular weight is 535 g/mol. The number of pyridine rings is 1. The van der Waals surface area contributed by atoms with Crippen LogP contribution in [-0.2, 0) is 29.0 Å². The van der Waals surface area contributed by atoms with Gasteiger partial charge >= 0.3 is 5.97 Å². The van der Waals surface area contributed by atoms with Crippen LogP contribution in [0.5, 0.6) is 0 Å². The van der Waals surface area contributed by atoms with E-state index < -0.39 is 12.1 Å². The minimum Gasteiger partial charge on any atom is -0.449 e. The molecule has 1 atom stereocenters. The highest BCUT2D eigenvalue weighted by Gasteiger charge is 2.28. The van der Waals surface area contributed by atoms with E-state index in [9.17, 15) is 9.59 Å². The maximum Gasteiger partial charge on any atom is 0.339 e. The van der Waals surface area contributed by atoms with Crippen LogP contribution in [-0.4, -0.2) is 45.5 Å². The van der Waals surface area contributed by atoms with Crippen molar-refractivity contribution in [3.63, 3.8) is 0 Å². The Morgan fingerprint density at radius 3 is 2.52 bits per heavy atom. The molecule has 204 valence electrons. The summed E-state index contributed by atoms with van der Waals surface area (Å²) in [7, 11) is 0. The van der Waals surface area contributed by atoms with Gasteiger partial charge in [0.1, 0.15) is 0 Å². The van der Waals surface area contributed by atoms with Crippen molar-refractivity contribution in [2.45, 2.75) is 52.8 Å². The summed E-state index contributed by atoms with van der Waals surface area (Å²) in [5.41, 5.74) is 6.09. The first-order valence-corrected chi connectivity index (χ1v) is 14.1. The molecule has 1 unspecified atom stereocenters. The topological polar surface area (TPSA) is 76.5 Å². The van der Waals surface area contributed by atoms with Crippen LogP contribution in [0.4, 0.5) is 5.69 Å². The molecule has 0 radical (unpaired) electrons. The third-order valence-electron chi connectivity index (χ3n) is 7.88. The fourth-order valence-corrected chi connectivity index (χ4v) is 5.98. The zero-order valence-corrected chi connectivity index (χ0v) is 23.2. The van der Waals surface area contributed by atoms with Gasteiger partial charge in [-0.3, -0.25) is 14.7 Å². The van der Waals surface area contributed by atoms with Gasteiger partial charge in [-0.15, -0.1) is 0 Å². The average Bonchev–Trinajstić information content (AvgIpc) is 3.29. The molecule has 0 fully saturated rings. The monoisotopic (exact) mass is 534 g/mol. The molecule has 1 amide bonds. The Balaban J connectivity index is 1.26. The number of nitrogens with zero attached hydrogens (tertiary/aromatic N) is 3. The molecule has 7 nitrogen and oxygen atoms in total. The van der Waals surface area contributed by atoms with Crippen LogP contribution in [0, 0.1) is 0 Å². The number of aromatic nitrogens is 2. The molecule has 0 saturated carbocycles. The highest BCUT2D eigenvalue weighted by atomic mass is 16.5. The minimum atomic E-state index is -0.974. The first kappa shape index (κ1) is 26.0. The Hall–Kier alpha value is -4.23. The van der Waals surface area contributed by atoms with Gasteiger partial charge in [0.05, 0.1) is 11.1 Å². The molecule has 1 aliphatic heterocycles. The predicted octanol–water partition coefficient (Wildman–Crippen LogP) is 6.31. The number of aryl methyl sites for hydroxylation is 1. The largest absolute Gasteiger partial charge is 0.449 e. The van der Waals surface area contributed by atoms with Crippen molar-refractivity contribution >= 4 is 50.3 Å². The van der Waals surface area contributed by atoms with Gasteiger partial charge in [0, 0.05) is 70.2 Å². The fraction of sp³-hybridized carbons (Fsp3) is 0.303. The zero-order chi connectivity index (χ0) is 27.8. The van der Waals surface area contributed by atoms with E-state index in [0.29, 0.717) is 17.8 Å². The standard InChI is InChI=1S/C33H34N4O3/c1-4-17-36-18-16-28-26(20-36)31(24-11-6-8-12-27(24)35-28)33(39)40-21(3)32(38)34-22-14-15-30-25(19-22)23-10-7-9-13-29(23)37(30)5-2/h6-15,19,21H,4-5,16-18,20H2,1-3H3,(H,34,38). The summed E-state index contributed by atoms with van der Waals surface area (Å²) in [5.74, 6) is -0.857. The van der Waals surface area contributed by atoms with Crippen LogP contribution in [0.3, 0.4) is 0 Å².